The molecular weight excluding hydrogens is 424 g/mol. The standard InChI is InChI=1S/C29H24N2O3/c1-20-11-16-27-25(17-20)29(33)24-9-5-6-10-26(24)31(27)18-28(32)30-22-12-14-23(15-13-22)34-19-21-7-3-2-4-8-21/h2-17H,18-19H2,1H3,(H,30,32). The fourth-order valence-electron chi connectivity index (χ4n) is 4.13. The maximum atomic E-state index is 13.0. The minimum Gasteiger partial charge on any atom is -0.489 e. The van der Waals surface area contributed by atoms with E-state index in [4.69, 9.17) is 4.74 Å². The largest absolute Gasteiger partial charge is 0.489 e. The van der Waals surface area contributed by atoms with Gasteiger partial charge in [0, 0.05) is 16.5 Å². The molecule has 168 valence electrons. The van der Waals surface area contributed by atoms with E-state index in [0.29, 0.717) is 23.1 Å². The van der Waals surface area contributed by atoms with Crippen LogP contribution in [0, 0.1) is 6.92 Å². The highest BCUT2D eigenvalue weighted by Crippen LogP contribution is 2.21. The molecule has 0 aliphatic carbocycles. The van der Waals surface area contributed by atoms with Crippen molar-refractivity contribution in [1.29, 1.82) is 0 Å². The molecule has 0 radical (unpaired) electrons. The van der Waals surface area contributed by atoms with Crippen LogP contribution in [-0.4, -0.2) is 10.5 Å². The highest BCUT2D eigenvalue weighted by molar-refractivity contribution is 5.97. The highest BCUT2D eigenvalue weighted by atomic mass is 16.5. The monoisotopic (exact) mass is 448 g/mol. The lowest BCUT2D eigenvalue weighted by molar-refractivity contribution is -0.116. The van der Waals surface area contributed by atoms with Crippen molar-refractivity contribution in [2.24, 2.45) is 0 Å². The van der Waals surface area contributed by atoms with Crippen molar-refractivity contribution in [3.63, 3.8) is 0 Å². The molecule has 0 bridgehead atoms. The molecule has 0 unspecified atom stereocenters. The number of rotatable bonds is 6. The Bertz CT molecular complexity index is 1540. The van der Waals surface area contributed by atoms with Crippen molar-refractivity contribution in [3.8, 4) is 5.75 Å². The van der Waals surface area contributed by atoms with Crippen LogP contribution in [-0.2, 0) is 17.9 Å². The molecule has 0 fully saturated rings. The number of hydrogen-bond donors (Lipinski definition) is 1. The van der Waals surface area contributed by atoms with Crippen molar-refractivity contribution in [2.45, 2.75) is 20.1 Å². The Morgan fingerprint density at radius 3 is 2.32 bits per heavy atom. The lowest BCUT2D eigenvalue weighted by atomic mass is 10.1. The van der Waals surface area contributed by atoms with Crippen LogP contribution in [0.15, 0.2) is 102 Å². The van der Waals surface area contributed by atoms with E-state index < -0.39 is 0 Å². The van der Waals surface area contributed by atoms with E-state index in [2.05, 4.69) is 5.32 Å². The van der Waals surface area contributed by atoms with Gasteiger partial charge in [0.25, 0.3) is 0 Å². The third-order valence-electron chi connectivity index (χ3n) is 5.82. The van der Waals surface area contributed by atoms with Crippen molar-refractivity contribution in [3.05, 3.63) is 118 Å². The predicted molar refractivity (Wildman–Crippen MR) is 136 cm³/mol. The Labute approximate surface area is 197 Å². The average molecular weight is 449 g/mol. The van der Waals surface area contributed by atoms with E-state index in [9.17, 15) is 9.59 Å². The van der Waals surface area contributed by atoms with Gasteiger partial charge in [-0.25, -0.2) is 0 Å². The van der Waals surface area contributed by atoms with Gasteiger partial charge in [0.1, 0.15) is 18.9 Å². The number of pyridine rings is 1. The summed E-state index contributed by atoms with van der Waals surface area (Å²) < 4.78 is 7.72. The molecule has 0 atom stereocenters. The fourth-order valence-corrected chi connectivity index (χ4v) is 4.13. The van der Waals surface area contributed by atoms with Crippen LogP contribution in [0.4, 0.5) is 5.69 Å². The van der Waals surface area contributed by atoms with Gasteiger partial charge in [0.15, 0.2) is 5.43 Å². The molecule has 0 aliphatic heterocycles. The zero-order chi connectivity index (χ0) is 23.5. The van der Waals surface area contributed by atoms with Gasteiger partial charge in [-0.15, -0.1) is 0 Å². The Morgan fingerprint density at radius 2 is 1.53 bits per heavy atom. The van der Waals surface area contributed by atoms with Crippen molar-refractivity contribution in [1.82, 2.24) is 4.57 Å². The lowest BCUT2D eigenvalue weighted by Crippen LogP contribution is -2.21. The predicted octanol–water partition coefficient (Wildman–Crippen LogP) is 5.68. The molecule has 1 N–H and O–H groups in total. The van der Waals surface area contributed by atoms with Crippen LogP contribution in [0.25, 0.3) is 21.8 Å². The van der Waals surface area contributed by atoms with Gasteiger partial charge in [0.05, 0.1) is 11.0 Å². The van der Waals surface area contributed by atoms with Gasteiger partial charge >= 0.3 is 0 Å². The summed E-state index contributed by atoms with van der Waals surface area (Å²) in [5.41, 5.74) is 4.25. The van der Waals surface area contributed by atoms with Gasteiger partial charge in [-0.2, -0.15) is 0 Å². The van der Waals surface area contributed by atoms with Crippen LogP contribution < -0.4 is 15.5 Å². The molecule has 5 nitrogen and oxygen atoms in total. The summed E-state index contributed by atoms with van der Waals surface area (Å²) in [6, 6.07) is 30.4. The van der Waals surface area contributed by atoms with Gasteiger partial charge in [0.2, 0.25) is 5.91 Å². The van der Waals surface area contributed by atoms with Crippen LogP contribution >= 0.6 is 0 Å². The second-order valence-corrected chi connectivity index (χ2v) is 8.30. The minimum absolute atomic E-state index is 0.0166. The van der Waals surface area contributed by atoms with Crippen molar-refractivity contribution >= 4 is 33.4 Å². The number of aromatic nitrogens is 1. The van der Waals surface area contributed by atoms with E-state index in [1.165, 1.54) is 0 Å². The fraction of sp³-hybridized carbons (Fsp3) is 0.103. The van der Waals surface area contributed by atoms with Crippen LogP contribution in [0.3, 0.4) is 0 Å². The molecule has 4 aromatic carbocycles. The smallest absolute Gasteiger partial charge is 0.244 e. The maximum Gasteiger partial charge on any atom is 0.244 e. The number of nitrogens with zero attached hydrogens (tertiary/aromatic N) is 1. The van der Waals surface area contributed by atoms with E-state index in [1.54, 1.807) is 0 Å². The van der Waals surface area contributed by atoms with Crippen LogP contribution in [0.1, 0.15) is 11.1 Å². The van der Waals surface area contributed by atoms with E-state index in [-0.39, 0.29) is 17.9 Å². The molecule has 0 saturated heterocycles. The molecule has 5 heteroatoms. The molecular formula is C29H24N2O3. The number of nitrogens with one attached hydrogen (secondary N) is 1. The quantitative estimate of drug-likeness (QED) is 0.340. The summed E-state index contributed by atoms with van der Waals surface area (Å²) in [4.78, 5) is 26.0. The minimum atomic E-state index is -0.173. The first-order valence-corrected chi connectivity index (χ1v) is 11.2. The summed E-state index contributed by atoms with van der Waals surface area (Å²) in [7, 11) is 0. The second-order valence-electron chi connectivity index (χ2n) is 8.30. The molecule has 0 saturated carbocycles. The number of benzene rings is 4. The number of amides is 1. The molecule has 1 heterocycles. The number of fused-ring (bicyclic) bond motifs is 2. The number of aryl methyl sites for hydroxylation is 1. The number of carbonyl (C=O) groups excluding carboxylic acids is 1. The van der Waals surface area contributed by atoms with E-state index in [1.807, 2.05) is 109 Å². The highest BCUT2D eigenvalue weighted by Gasteiger charge is 2.13. The third-order valence-corrected chi connectivity index (χ3v) is 5.82. The lowest BCUT2D eigenvalue weighted by Gasteiger charge is -2.15. The normalized spacial score (nSPS) is 11.0. The Kier molecular flexibility index (Phi) is 5.83. The Morgan fingerprint density at radius 1 is 0.824 bits per heavy atom. The first-order valence-electron chi connectivity index (χ1n) is 11.2. The van der Waals surface area contributed by atoms with E-state index >= 15 is 0 Å². The number of carbonyl (C=O) groups is 1. The SMILES string of the molecule is Cc1ccc2c(c1)c(=O)c1ccccc1n2CC(=O)Nc1ccc(OCc2ccccc2)cc1. The number of hydrogen-bond acceptors (Lipinski definition) is 3. The van der Waals surface area contributed by atoms with Crippen LogP contribution in [0.5, 0.6) is 5.75 Å². The van der Waals surface area contributed by atoms with Gasteiger partial charge in [-0.3, -0.25) is 9.59 Å². The second kappa shape index (κ2) is 9.24. The summed E-state index contributed by atoms with van der Waals surface area (Å²) in [5.74, 6) is 0.559. The van der Waals surface area contributed by atoms with Crippen LogP contribution in [0.2, 0.25) is 0 Å². The topological polar surface area (TPSA) is 60.3 Å². The summed E-state index contributed by atoms with van der Waals surface area (Å²) >= 11 is 0. The molecule has 34 heavy (non-hydrogen) atoms. The molecule has 5 rings (SSSR count). The maximum absolute atomic E-state index is 13.0. The molecule has 5 aromatic rings. The molecule has 1 aromatic heterocycles. The Hall–Kier alpha value is -4.38. The first-order chi connectivity index (χ1) is 16.6. The average Bonchev–Trinajstić information content (AvgIpc) is 2.87. The summed E-state index contributed by atoms with van der Waals surface area (Å²) in [6.45, 7) is 2.53. The Balaban J connectivity index is 1.36. The first kappa shape index (κ1) is 21.5. The van der Waals surface area contributed by atoms with Gasteiger partial charge < -0.3 is 14.6 Å². The third kappa shape index (κ3) is 4.41. The molecule has 0 spiro atoms. The molecule has 1 amide bonds. The number of para-hydroxylation sites is 1. The van der Waals surface area contributed by atoms with E-state index in [0.717, 1.165) is 27.9 Å². The van der Waals surface area contributed by atoms with Gasteiger partial charge in [-0.05, 0) is 61.0 Å². The summed E-state index contributed by atoms with van der Waals surface area (Å²) in [6.07, 6.45) is 0. The zero-order valence-electron chi connectivity index (χ0n) is 18.8. The summed E-state index contributed by atoms with van der Waals surface area (Å²) in [5, 5.41) is 4.18. The van der Waals surface area contributed by atoms with Gasteiger partial charge in [-0.1, -0.05) is 54.1 Å². The zero-order valence-corrected chi connectivity index (χ0v) is 18.8. The molecule has 0 aliphatic rings. The van der Waals surface area contributed by atoms with Crippen molar-refractivity contribution < 1.29 is 9.53 Å². The number of ether oxygens (including phenoxy) is 1. The van der Waals surface area contributed by atoms with Crippen molar-refractivity contribution in [2.75, 3.05) is 5.32 Å². The number of anilines is 1.